The number of carbonyl (C=O) groups excluding carboxylic acids is 2. The van der Waals surface area contributed by atoms with Gasteiger partial charge in [-0.15, -0.1) is 11.3 Å². The van der Waals surface area contributed by atoms with Gasteiger partial charge >= 0.3 is 0 Å². The summed E-state index contributed by atoms with van der Waals surface area (Å²) in [5.74, 6) is -0.135. The molecule has 0 spiro atoms. The summed E-state index contributed by atoms with van der Waals surface area (Å²) in [6.07, 6.45) is 0. The Labute approximate surface area is 212 Å². The van der Waals surface area contributed by atoms with Gasteiger partial charge in [0.2, 0.25) is 5.91 Å². The van der Waals surface area contributed by atoms with Crippen molar-refractivity contribution in [3.05, 3.63) is 56.3 Å². The molecule has 1 aromatic heterocycles. The van der Waals surface area contributed by atoms with E-state index in [9.17, 15) is 9.59 Å². The van der Waals surface area contributed by atoms with Crippen molar-refractivity contribution in [1.82, 2.24) is 4.90 Å². The normalized spacial score (nSPS) is 14.6. The third kappa shape index (κ3) is 5.09. The van der Waals surface area contributed by atoms with Crippen LogP contribution in [0.25, 0.3) is 10.1 Å². The molecule has 33 heavy (non-hydrogen) atoms. The van der Waals surface area contributed by atoms with Crippen LogP contribution in [0.1, 0.15) is 30.4 Å². The summed E-state index contributed by atoms with van der Waals surface area (Å²) >= 11 is 20.4. The highest BCUT2D eigenvalue weighted by molar-refractivity contribution is 7.21. The summed E-state index contributed by atoms with van der Waals surface area (Å²) in [7, 11) is 0. The van der Waals surface area contributed by atoms with E-state index in [2.05, 4.69) is 10.2 Å². The van der Waals surface area contributed by atoms with Crippen LogP contribution in [0, 0.1) is 5.41 Å². The lowest BCUT2D eigenvalue weighted by Gasteiger charge is -2.39. The third-order valence-corrected chi connectivity index (χ3v) is 7.75. The fraction of sp³-hybridized carbons (Fsp3) is 0.333. The molecular formula is C24H24Cl3N3O2S. The van der Waals surface area contributed by atoms with E-state index < -0.39 is 0 Å². The van der Waals surface area contributed by atoms with E-state index >= 15 is 0 Å². The molecular weight excluding hydrogens is 501 g/mol. The van der Waals surface area contributed by atoms with Crippen LogP contribution in [0.3, 0.4) is 0 Å². The van der Waals surface area contributed by atoms with E-state index in [1.807, 2.05) is 43.9 Å². The number of hydrogen-bond donors (Lipinski definition) is 1. The molecule has 0 bridgehead atoms. The minimum atomic E-state index is -0.386. The van der Waals surface area contributed by atoms with Gasteiger partial charge in [-0.1, -0.05) is 61.6 Å². The van der Waals surface area contributed by atoms with Crippen molar-refractivity contribution < 1.29 is 9.59 Å². The van der Waals surface area contributed by atoms with Crippen LogP contribution in [0.4, 0.5) is 11.4 Å². The number of amides is 2. The highest BCUT2D eigenvalue weighted by Gasteiger charge is 2.30. The Morgan fingerprint density at radius 1 is 0.970 bits per heavy atom. The smallest absolute Gasteiger partial charge is 0.267 e. The Morgan fingerprint density at radius 2 is 1.67 bits per heavy atom. The molecule has 2 amide bonds. The molecule has 0 atom stereocenters. The molecule has 174 valence electrons. The van der Waals surface area contributed by atoms with Gasteiger partial charge in [-0.05, 0) is 30.3 Å². The number of hydrogen-bond acceptors (Lipinski definition) is 4. The van der Waals surface area contributed by atoms with E-state index in [0.717, 1.165) is 15.8 Å². The first-order valence-electron chi connectivity index (χ1n) is 10.6. The predicted molar refractivity (Wildman–Crippen MR) is 139 cm³/mol. The first kappa shape index (κ1) is 24.1. The molecule has 1 saturated heterocycles. The fourth-order valence-electron chi connectivity index (χ4n) is 3.84. The lowest BCUT2D eigenvalue weighted by atomic mass is 9.94. The van der Waals surface area contributed by atoms with Crippen LogP contribution in [0.5, 0.6) is 0 Å². The lowest BCUT2D eigenvalue weighted by Crippen LogP contribution is -2.51. The zero-order chi connectivity index (χ0) is 23.9. The number of rotatable bonds is 3. The van der Waals surface area contributed by atoms with Gasteiger partial charge in [-0.2, -0.15) is 0 Å². The number of fused-ring (bicyclic) bond motifs is 1. The van der Waals surface area contributed by atoms with Gasteiger partial charge in [0.1, 0.15) is 4.88 Å². The van der Waals surface area contributed by atoms with E-state index in [4.69, 9.17) is 34.8 Å². The molecule has 5 nitrogen and oxygen atoms in total. The molecule has 9 heteroatoms. The van der Waals surface area contributed by atoms with Crippen molar-refractivity contribution in [2.24, 2.45) is 5.41 Å². The molecule has 1 fully saturated rings. The molecule has 0 radical (unpaired) electrons. The zero-order valence-electron chi connectivity index (χ0n) is 18.5. The van der Waals surface area contributed by atoms with Gasteiger partial charge in [0.15, 0.2) is 0 Å². The summed E-state index contributed by atoms with van der Waals surface area (Å²) < 4.78 is 0.857. The maximum Gasteiger partial charge on any atom is 0.267 e. The molecule has 1 aliphatic heterocycles. The Hall–Kier alpha value is -1.99. The average Bonchev–Trinajstić information content (AvgIpc) is 3.08. The molecule has 0 unspecified atom stereocenters. The van der Waals surface area contributed by atoms with Crippen molar-refractivity contribution in [1.29, 1.82) is 0 Å². The van der Waals surface area contributed by atoms with Crippen LogP contribution < -0.4 is 10.2 Å². The fourth-order valence-corrected chi connectivity index (χ4v) is 5.83. The third-order valence-electron chi connectivity index (χ3n) is 5.55. The molecule has 2 heterocycles. The number of anilines is 2. The minimum Gasteiger partial charge on any atom is -0.367 e. The highest BCUT2D eigenvalue weighted by Crippen LogP contribution is 2.37. The summed E-state index contributed by atoms with van der Waals surface area (Å²) in [4.78, 5) is 29.9. The topological polar surface area (TPSA) is 52.7 Å². The van der Waals surface area contributed by atoms with Gasteiger partial charge in [0.25, 0.3) is 5.91 Å². The van der Waals surface area contributed by atoms with Crippen molar-refractivity contribution >= 4 is 79.4 Å². The Morgan fingerprint density at radius 3 is 2.30 bits per heavy atom. The number of nitrogens with one attached hydrogen (secondary N) is 1. The van der Waals surface area contributed by atoms with E-state index in [1.165, 1.54) is 11.3 Å². The van der Waals surface area contributed by atoms with E-state index in [-0.39, 0.29) is 17.2 Å². The second kappa shape index (κ2) is 9.34. The Bertz CT molecular complexity index is 1230. The molecule has 1 N–H and O–H groups in total. The van der Waals surface area contributed by atoms with Crippen LogP contribution in [-0.2, 0) is 4.79 Å². The molecule has 2 aromatic carbocycles. The van der Waals surface area contributed by atoms with Gasteiger partial charge in [0.05, 0.1) is 15.7 Å². The lowest BCUT2D eigenvalue weighted by molar-refractivity contribution is -0.139. The number of piperazine rings is 1. The van der Waals surface area contributed by atoms with E-state index in [0.29, 0.717) is 51.8 Å². The Kier molecular flexibility index (Phi) is 6.83. The van der Waals surface area contributed by atoms with Crippen molar-refractivity contribution in [2.45, 2.75) is 20.8 Å². The molecule has 0 saturated carbocycles. The van der Waals surface area contributed by atoms with Gasteiger partial charge in [-0.3, -0.25) is 9.59 Å². The molecule has 1 aliphatic rings. The summed E-state index contributed by atoms with van der Waals surface area (Å²) in [5, 5.41) is 5.23. The van der Waals surface area contributed by atoms with Crippen molar-refractivity contribution in [3.8, 4) is 0 Å². The van der Waals surface area contributed by atoms with Crippen LogP contribution >= 0.6 is 46.1 Å². The molecule has 0 aliphatic carbocycles. The maximum absolute atomic E-state index is 12.9. The summed E-state index contributed by atoms with van der Waals surface area (Å²) in [6, 6.07) is 10.8. The van der Waals surface area contributed by atoms with Crippen LogP contribution in [0.15, 0.2) is 36.4 Å². The number of halogens is 3. The zero-order valence-corrected chi connectivity index (χ0v) is 21.6. The quantitative estimate of drug-likeness (QED) is 0.409. The average molecular weight is 525 g/mol. The number of nitrogens with zero attached hydrogens (tertiary/aromatic N) is 2. The first-order chi connectivity index (χ1) is 15.5. The Balaban J connectivity index is 1.45. The number of carbonyl (C=O) groups is 2. The second-order valence-electron chi connectivity index (χ2n) is 9.04. The number of thiophene rings is 1. The highest BCUT2D eigenvalue weighted by atomic mass is 35.5. The number of benzene rings is 2. The SMILES string of the molecule is CC(C)(C)C(=O)N1CCN(c2ccc(NC(=O)c3sc4cc(Cl)ccc4c3Cl)cc2Cl)CC1. The van der Waals surface area contributed by atoms with Crippen LogP contribution in [-0.4, -0.2) is 42.9 Å². The summed E-state index contributed by atoms with van der Waals surface area (Å²) in [5.41, 5.74) is 1.08. The maximum atomic E-state index is 12.9. The van der Waals surface area contributed by atoms with Crippen molar-refractivity contribution in [2.75, 3.05) is 36.4 Å². The van der Waals surface area contributed by atoms with E-state index in [1.54, 1.807) is 18.2 Å². The van der Waals surface area contributed by atoms with Crippen molar-refractivity contribution in [3.63, 3.8) is 0 Å². The second-order valence-corrected chi connectivity index (χ2v) is 11.3. The first-order valence-corrected chi connectivity index (χ1v) is 12.5. The van der Waals surface area contributed by atoms with Gasteiger partial charge in [0, 0.05) is 52.4 Å². The standard InChI is InChI=1S/C24H24Cl3N3O2S/c1-24(2,3)23(32)30-10-8-29(9-11-30)18-7-5-15(13-17(18)26)28-22(31)21-20(27)16-6-4-14(25)12-19(16)33-21/h4-7,12-13H,8-11H2,1-3H3,(H,28,31). The van der Waals surface area contributed by atoms with Crippen LogP contribution in [0.2, 0.25) is 15.1 Å². The monoisotopic (exact) mass is 523 g/mol. The summed E-state index contributed by atoms with van der Waals surface area (Å²) in [6.45, 7) is 8.52. The van der Waals surface area contributed by atoms with Gasteiger partial charge < -0.3 is 15.1 Å². The van der Waals surface area contributed by atoms with Gasteiger partial charge in [-0.25, -0.2) is 0 Å². The molecule has 3 aromatic rings. The predicted octanol–water partition coefficient (Wildman–Crippen LogP) is 6.81. The minimum absolute atomic E-state index is 0.161. The molecule has 4 rings (SSSR count). The largest absolute Gasteiger partial charge is 0.367 e.